The Morgan fingerprint density at radius 1 is 1.08 bits per heavy atom. The minimum absolute atomic E-state index is 0.140. The molecule has 0 aromatic heterocycles. The number of hydrogen-bond donors (Lipinski definition) is 2. The summed E-state index contributed by atoms with van der Waals surface area (Å²) in [5, 5.41) is 0. The minimum Gasteiger partial charge on any atom is -0.481 e. The van der Waals surface area contributed by atoms with Crippen molar-refractivity contribution in [1.82, 2.24) is 10.9 Å². The van der Waals surface area contributed by atoms with Gasteiger partial charge in [-0.2, -0.15) is 0 Å². The molecule has 2 rings (SSSR count). The van der Waals surface area contributed by atoms with Gasteiger partial charge in [0.1, 0.15) is 11.6 Å². The molecule has 0 fully saturated rings. The van der Waals surface area contributed by atoms with Gasteiger partial charge in [0.25, 0.3) is 5.91 Å². The fourth-order valence-corrected chi connectivity index (χ4v) is 2.10. The van der Waals surface area contributed by atoms with E-state index in [1.807, 2.05) is 24.3 Å². The van der Waals surface area contributed by atoms with Crippen molar-refractivity contribution in [2.75, 3.05) is 0 Å². The maximum absolute atomic E-state index is 12.8. The van der Waals surface area contributed by atoms with Crippen molar-refractivity contribution < 1.29 is 18.7 Å². The van der Waals surface area contributed by atoms with Gasteiger partial charge in [0.2, 0.25) is 5.91 Å². The van der Waals surface area contributed by atoms with Crippen LogP contribution in [0.4, 0.5) is 4.39 Å². The molecular formula is C17H16BrFN2O3. The van der Waals surface area contributed by atoms with Gasteiger partial charge in [0.15, 0.2) is 6.10 Å². The summed E-state index contributed by atoms with van der Waals surface area (Å²) in [5.41, 5.74) is 5.45. The molecular weight excluding hydrogens is 379 g/mol. The van der Waals surface area contributed by atoms with Crippen LogP contribution in [-0.4, -0.2) is 17.9 Å². The molecule has 2 aromatic rings. The molecule has 7 heteroatoms. The lowest BCUT2D eigenvalue weighted by Crippen LogP contribution is -2.47. The Morgan fingerprint density at radius 3 is 2.33 bits per heavy atom. The first-order chi connectivity index (χ1) is 11.4. The third-order valence-corrected chi connectivity index (χ3v) is 3.63. The van der Waals surface area contributed by atoms with Gasteiger partial charge in [0.05, 0.1) is 6.42 Å². The van der Waals surface area contributed by atoms with Gasteiger partial charge >= 0.3 is 0 Å². The van der Waals surface area contributed by atoms with Gasteiger partial charge in [0, 0.05) is 4.47 Å². The van der Waals surface area contributed by atoms with Crippen molar-refractivity contribution in [3.63, 3.8) is 0 Å². The van der Waals surface area contributed by atoms with Crippen molar-refractivity contribution >= 4 is 27.7 Å². The highest BCUT2D eigenvalue weighted by atomic mass is 79.9. The highest BCUT2D eigenvalue weighted by Gasteiger charge is 2.15. The second-order valence-electron chi connectivity index (χ2n) is 5.05. The summed E-state index contributed by atoms with van der Waals surface area (Å²) in [6.07, 6.45) is -0.704. The lowest BCUT2D eigenvalue weighted by molar-refractivity contribution is -0.132. The van der Waals surface area contributed by atoms with E-state index in [1.54, 1.807) is 0 Å². The van der Waals surface area contributed by atoms with Gasteiger partial charge in [-0.05, 0) is 48.9 Å². The number of hydrazine groups is 1. The Kier molecular flexibility index (Phi) is 6.31. The van der Waals surface area contributed by atoms with Crippen molar-refractivity contribution in [3.8, 4) is 5.75 Å². The van der Waals surface area contributed by atoms with E-state index in [4.69, 9.17) is 4.74 Å². The quantitative estimate of drug-likeness (QED) is 0.766. The van der Waals surface area contributed by atoms with E-state index in [1.165, 1.54) is 31.2 Å². The molecule has 0 heterocycles. The Hall–Kier alpha value is -2.41. The lowest BCUT2D eigenvalue weighted by Gasteiger charge is -2.15. The second-order valence-corrected chi connectivity index (χ2v) is 5.97. The summed E-state index contributed by atoms with van der Waals surface area (Å²) in [5.74, 6) is -0.886. The third-order valence-electron chi connectivity index (χ3n) is 3.10. The van der Waals surface area contributed by atoms with Crippen LogP contribution < -0.4 is 15.6 Å². The average Bonchev–Trinajstić information content (AvgIpc) is 2.57. The van der Waals surface area contributed by atoms with Crippen LogP contribution >= 0.6 is 15.9 Å². The predicted molar refractivity (Wildman–Crippen MR) is 90.6 cm³/mol. The van der Waals surface area contributed by atoms with Crippen LogP contribution in [0.25, 0.3) is 0 Å². The highest BCUT2D eigenvalue weighted by molar-refractivity contribution is 9.10. The number of benzene rings is 2. The monoisotopic (exact) mass is 394 g/mol. The van der Waals surface area contributed by atoms with Crippen LogP contribution in [-0.2, 0) is 16.0 Å². The fraction of sp³-hybridized carbons (Fsp3) is 0.176. The molecule has 2 amide bonds. The summed E-state index contributed by atoms with van der Waals surface area (Å²) in [6, 6.07) is 12.6. The summed E-state index contributed by atoms with van der Waals surface area (Å²) >= 11 is 3.32. The standard InChI is InChI=1S/C17H16BrFN2O3/c1-11(24-15-8-6-14(19)7-9-15)17(23)21-20-16(22)10-12-2-4-13(18)5-3-12/h2-9,11H,10H2,1H3,(H,20,22)(H,21,23)/t11-/m1/s1. The molecule has 0 saturated heterocycles. The highest BCUT2D eigenvalue weighted by Crippen LogP contribution is 2.13. The fourth-order valence-electron chi connectivity index (χ4n) is 1.84. The zero-order chi connectivity index (χ0) is 17.5. The smallest absolute Gasteiger partial charge is 0.279 e. The molecule has 0 aliphatic carbocycles. The van der Waals surface area contributed by atoms with E-state index in [-0.39, 0.29) is 18.1 Å². The lowest BCUT2D eigenvalue weighted by atomic mass is 10.1. The topological polar surface area (TPSA) is 67.4 Å². The molecule has 0 bridgehead atoms. The summed E-state index contributed by atoms with van der Waals surface area (Å²) in [4.78, 5) is 23.7. The summed E-state index contributed by atoms with van der Waals surface area (Å²) in [7, 11) is 0. The maximum atomic E-state index is 12.8. The molecule has 0 radical (unpaired) electrons. The number of hydrogen-bond acceptors (Lipinski definition) is 3. The van der Waals surface area contributed by atoms with E-state index in [9.17, 15) is 14.0 Å². The van der Waals surface area contributed by atoms with E-state index < -0.39 is 12.0 Å². The SMILES string of the molecule is C[C@@H](Oc1ccc(F)cc1)C(=O)NNC(=O)Cc1ccc(Br)cc1. The average molecular weight is 395 g/mol. The third kappa shape index (κ3) is 5.66. The van der Waals surface area contributed by atoms with Crippen LogP contribution in [0.2, 0.25) is 0 Å². The zero-order valence-electron chi connectivity index (χ0n) is 12.9. The van der Waals surface area contributed by atoms with E-state index >= 15 is 0 Å². The summed E-state index contributed by atoms with van der Waals surface area (Å²) in [6.45, 7) is 1.53. The van der Waals surface area contributed by atoms with Gasteiger partial charge in [-0.25, -0.2) is 4.39 Å². The normalized spacial score (nSPS) is 11.5. The van der Waals surface area contributed by atoms with Gasteiger partial charge in [-0.3, -0.25) is 20.4 Å². The Bertz CT molecular complexity index is 705. The molecule has 0 spiro atoms. The zero-order valence-corrected chi connectivity index (χ0v) is 14.5. The molecule has 24 heavy (non-hydrogen) atoms. The molecule has 0 unspecified atom stereocenters. The van der Waals surface area contributed by atoms with Crippen LogP contribution in [0, 0.1) is 5.82 Å². The Labute approximate surface area is 147 Å². The Morgan fingerprint density at radius 2 is 1.71 bits per heavy atom. The number of nitrogens with one attached hydrogen (secondary N) is 2. The number of rotatable bonds is 5. The number of amides is 2. The predicted octanol–water partition coefficient (Wildman–Crippen LogP) is 2.75. The van der Waals surface area contributed by atoms with Gasteiger partial charge < -0.3 is 4.74 Å². The Balaban J connectivity index is 1.77. The van der Waals surface area contributed by atoms with Crippen molar-refractivity contribution in [3.05, 3.63) is 64.4 Å². The number of carbonyl (C=O) groups is 2. The second kappa shape index (κ2) is 8.44. The van der Waals surface area contributed by atoms with Crippen molar-refractivity contribution in [2.24, 2.45) is 0 Å². The van der Waals surface area contributed by atoms with Crippen LogP contribution in [0.3, 0.4) is 0 Å². The largest absolute Gasteiger partial charge is 0.481 e. The minimum atomic E-state index is -0.844. The first kappa shape index (κ1) is 17.9. The first-order valence-electron chi connectivity index (χ1n) is 7.19. The molecule has 2 N–H and O–H groups in total. The van der Waals surface area contributed by atoms with Gasteiger partial charge in [-0.15, -0.1) is 0 Å². The molecule has 0 aliphatic heterocycles. The van der Waals surface area contributed by atoms with E-state index in [0.29, 0.717) is 5.75 Å². The molecule has 2 aromatic carbocycles. The van der Waals surface area contributed by atoms with Crippen LogP contribution in [0.5, 0.6) is 5.75 Å². The van der Waals surface area contributed by atoms with E-state index in [0.717, 1.165) is 10.0 Å². The van der Waals surface area contributed by atoms with Gasteiger partial charge in [-0.1, -0.05) is 28.1 Å². The molecule has 0 aliphatic rings. The van der Waals surface area contributed by atoms with Crippen LogP contribution in [0.15, 0.2) is 53.0 Å². The van der Waals surface area contributed by atoms with Crippen molar-refractivity contribution in [2.45, 2.75) is 19.4 Å². The first-order valence-corrected chi connectivity index (χ1v) is 7.98. The molecule has 0 saturated carbocycles. The maximum Gasteiger partial charge on any atom is 0.279 e. The number of halogens is 2. The molecule has 1 atom stereocenters. The number of ether oxygens (including phenoxy) is 1. The van der Waals surface area contributed by atoms with Crippen LogP contribution in [0.1, 0.15) is 12.5 Å². The molecule has 5 nitrogen and oxygen atoms in total. The molecule has 126 valence electrons. The van der Waals surface area contributed by atoms with Crippen molar-refractivity contribution in [1.29, 1.82) is 0 Å². The summed E-state index contributed by atoms with van der Waals surface area (Å²) < 4.78 is 19.1. The number of carbonyl (C=O) groups excluding carboxylic acids is 2. The van der Waals surface area contributed by atoms with E-state index in [2.05, 4.69) is 26.8 Å².